The highest BCUT2D eigenvalue weighted by molar-refractivity contribution is 6.30. The van der Waals surface area contributed by atoms with Crippen molar-refractivity contribution in [1.82, 2.24) is 4.90 Å². The minimum Gasteiger partial charge on any atom is -0.301 e. The number of nitriles is 1. The fourth-order valence-electron chi connectivity index (χ4n) is 2.12. The van der Waals surface area contributed by atoms with Crippen molar-refractivity contribution in [3.63, 3.8) is 0 Å². The van der Waals surface area contributed by atoms with Gasteiger partial charge < -0.3 is 4.90 Å². The predicted octanol–water partition coefficient (Wildman–Crippen LogP) is 3.88. The lowest BCUT2D eigenvalue weighted by molar-refractivity contribution is 0.205. The molecule has 18 heavy (non-hydrogen) atoms. The summed E-state index contributed by atoms with van der Waals surface area (Å²) in [5, 5.41) is 9.79. The lowest BCUT2D eigenvalue weighted by Crippen LogP contribution is -2.30. The molecule has 2 nitrogen and oxygen atoms in total. The maximum Gasteiger partial charge on any atom is 0.128 e. The van der Waals surface area contributed by atoms with E-state index in [0.29, 0.717) is 10.6 Å². The van der Waals surface area contributed by atoms with Crippen LogP contribution in [0.25, 0.3) is 0 Å². The molecule has 0 bridgehead atoms. The van der Waals surface area contributed by atoms with E-state index in [4.69, 9.17) is 11.6 Å². The van der Waals surface area contributed by atoms with Crippen LogP contribution in [0, 0.1) is 29.0 Å². The van der Waals surface area contributed by atoms with Gasteiger partial charge in [-0.2, -0.15) is 5.26 Å². The van der Waals surface area contributed by atoms with Gasteiger partial charge in [-0.05, 0) is 38.2 Å². The van der Waals surface area contributed by atoms with Crippen molar-refractivity contribution in [2.45, 2.75) is 19.9 Å². The Hall–Kier alpha value is -1.11. The maximum atomic E-state index is 13.9. The van der Waals surface area contributed by atoms with E-state index in [0.717, 1.165) is 0 Å². The topological polar surface area (TPSA) is 27.0 Å². The molecular weight excluding hydrogens is 251 g/mol. The minimum absolute atomic E-state index is 0.140. The third kappa shape index (κ3) is 3.22. The van der Waals surface area contributed by atoms with Crippen LogP contribution in [0.15, 0.2) is 18.2 Å². The summed E-state index contributed by atoms with van der Waals surface area (Å²) in [6.45, 7) is 3.93. The summed E-state index contributed by atoms with van der Waals surface area (Å²) in [7, 11) is 3.69. The molecule has 2 atom stereocenters. The van der Waals surface area contributed by atoms with Gasteiger partial charge in [-0.25, -0.2) is 4.39 Å². The second kappa shape index (κ2) is 6.17. The summed E-state index contributed by atoms with van der Waals surface area (Å²) in [5.41, 5.74) is 0.479. The Morgan fingerprint density at radius 3 is 2.39 bits per heavy atom. The molecule has 1 aromatic rings. The Kier molecular flexibility index (Phi) is 5.13. The predicted molar refractivity (Wildman–Crippen MR) is 71.8 cm³/mol. The Labute approximate surface area is 113 Å². The summed E-state index contributed by atoms with van der Waals surface area (Å²) in [6, 6.07) is 6.45. The molecule has 0 N–H and O–H groups in total. The molecule has 1 rings (SSSR count). The van der Waals surface area contributed by atoms with Gasteiger partial charge in [0.1, 0.15) is 5.82 Å². The second-order valence-corrected chi connectivity index (χ2v) is 5.41. The Morgan fingerprint density at radius 2 is 1.94 bits per heavy atom. The fourth-order valence-corrected chi connectivity index (χ4v) is 2.30. The highest BCUT2D eigenvalue weighted by Gasteiger charge is 2.30. The van der Waals surface area contributed by atoms with Crippen LogP contribution in [-0.2, 0) is 0 Å². The van der Waals surface area contributed by atoms with Crippen molar-refractivity contribution in [3.8, 4) is 6.07 Å². The average Bonchev–Trinajstić information content (AvgIpc) is 2.28. The maximum absolute atomic E-state index is 13.9. The van der Waals surface area contributed by atoms with Crippen LogP contribution in [0.5, 0.6) is 0 Å². The Bertz CT molecular complexity index is 452. The first-order valence-corrected chi connectivity index (χ1v) is 6.27. The van der Waals surface area contributed by atoms with E-state index in [1.165, 1.54) is 12.1 Å². The number of rotatable bonds is 4. The van der Waals surface area contributed by atoms with Crippen molar-refractivity contribution in [2.75, 3.05) is 14.1 Å². The number of hydrogen-bond acceptors (Lipinski definition) is 2. The molecule has 0 saturated carbocycles. The molecule has 0 saturated heterocycles. The second-order valence-electron chi connectivity index (χ2n) is 4.97. The highest BCUT2D eigenvalue weighted by Crippen LogP contribution is 2.34. The van der Waals surface area contributed by atoms with Crippen molar-refractivity contribution in [1.29, 1.82) is 5.26 Å². The first kappa shape index (κ1) is 14.9. The van der Waals surface area contributed by atoms with E-state index in [1.54, 1.807) is 6.07 Å². The molecule has 0 aliphatic rings. The van der Waals surface area contributed by atoms with Gasteiger partial charge in [-0.1, -0.05) is 25.4 Å². The van der Waals surface area contributed by atoms with E-state index in [9.17, 15) is 9.65 Å². The van der Waals surface area contributed by atoms with E-state index < -0.39 is 0 Å². The standard InChI is InChI=1S/C14H18ClFN2/c1-9(2)12(8-17)14(18(3)4)11-7-10(15)5-6-13(11)16/h5-7,9,12,14H,1-4H3. The van der Waals surface area contributed by atoms with E-state index in [2.05, 4.69) is 6.07 Å². The zero-order chi connectivity index (χ0) is 13.9. The van der Waals surface area contributed by atoms with Crippen LogP contribution in [0.1, 0.15) is 25.5 Å². The zero-order valence-corrected chi connectivity index (χ0v) is 11.9. The smallest absolute Gasteiger partial charge is 0.128 e. The van der Waals surface area contributed by atoms with Gasteiger partial charge in [0, 0.05) is 10.6 Å². The molecule has 0 amide bonds. The number of nitrogens with zero attached hydrogens (tertiary/aromatic N) is 2. The van der Waals surface area contributed by atoms with Crippen LogP contribution in [0.2, 0.25) is 5.02 Å². The largest absolute Gasteiger partial charge is 0.301 e. The van der Waals surface area contributed by atoms with Crippen LogP contribution in [0.4, 0.5) is 4.39 Å². The van der Waals surface area contributed by atoms with Crippen molar-refractivity contribution in [3.05, 3.63) is 34.6 Å². The monoisotopic (exact) mass is 268 g/mol. The van der Waals surface area contributed by atoms with Crippen LogP contribution in [-0.4, -0.2) is 19.0 Å². The van der Waals surface area contributed by atoms with Gasteiger partial charge in [0.2, 0.25) is 0 Å². The number of benzene rings is 1. The molecule has 0 spiro atoms. The molecule has 0 heterocycles. The molecule has 1 aromatic carbocycles. The summed E-state index contributed by atoms with van der Waals surface area (Å²) in [4.78, 5) is 1.86. The molecule has 0 radical (unpaired) electrons. The highest BCUT2D eigenvalue weighted by atomic mass is 35.5. The molecule has 0 aromatic heterocycles. The fraction of sp³-hybridized carbons (Fsp3) is 0.500. The summed E-state index contributed by atoms with van der Waals surface area (Å²) >= 11 is 5.92. The first-order valence-electron chi connectivity index (χ1n) is 5.89. The number of hydrogen-bond donors (Lipinski definition) is 0. The summed E-state index contributed by atoms with van der Waals surface area (Å²) in [6.07, 6.45) is 0. The lowest BCUT2D eigenvalue weighted by atomic mass is 9.84. The van der Waals surface area contributed by atoms with Crippen molar-refractivity contribution < 1.29 is 4.39 Å². The summed E-state index contributed by atoms with van der Waals surface area (Å²) < 4.78 is 13.9. The van der Waals surface area contributed by atoms with Crippen molar-refractivity contribution in [2.24, 2.45) is 11.8 Å². The van der Waals surface area contributed by atoms with Gasteiger partial charge in [0.25, 0.3) is 0 Å². The summed E-state index contributed by atoms with van der Waals surface area (Å²) in [5.74, 6) is -0.465. The molecule has 2 unspecified atom stereocenters. The quantitative estimate of drug-likeness (QED) is 0.829. The lowest BCUT2D eigenvalue weighted by Gasteiger charge is -2.31. The van der Waals surface area contributed by atoms with E-state index in [-0.39, 0.29) is 23.7 Å². The minimum atomic E-state index is -0.320. The molecular formula is C14H18ClFN2. The van der Waals surface area contributed by atoms with Gasteiger partial charge in [-0.15, -0.1) is 0 Å². The molecule has 0 aliphatic heterocycles. The first-order chi connectivity index (χ1) is 8.38. The van der Waals surface area contributed by atoms with Gasteiger partial charge in [-0.3, -0.25) is 0 Å². The SMILES string of the molecule is CC(C)C(C#N)C(c1cc(Cl)ccc1F)N(C)C. The van der Waals surface area contributed by atoms with Crippen LogP contribution < -0.4 is 0 Å². The third-order valence-corrected chi connectivity index (χ3v) is 3.28. The Morgan fingerprint density at radius 1 is 1.33 bits per heavy atom. The Balaban J connectivity index is 3.28. The van der Waals surface area contributed by atoms with Gasteiger partial charge >= 0.3 is 0 Å². The van der Waals surface area contributed by atoms with Crippen LogP contribution >= 0.6 is 11.6 Å². The van der Waals surface area contributed by atoms with Crippen LogP contribution in [0.3, 0.4) is 0 Å². The molecule has 4 heteroatoms. The van der Waals surface area contributed by atoms with Crippen molar-refractivity contribution >= 4 is 11.6 Å². The van der Waals surface area contributed by atoms with Gasteiger partial charge in [0.05, 0.1) is 18.0 Å². The average molecular weight is 269 g/mol. The molecule has 0 fully saturated rings. The third-order valence-electron chi connectivity index (χ3n) is 3.04. The van der Waals surface area contributed by atoms with E-state index in [1.807, 2.05) is 32.8 Å². The molecule has 0 aliphatic carbocycles. The normalized spacial score (nSPS) is 14.6. The molecule has 98 valence electrons. The number of halogens is 2. The zero-order valence-electron chi connectivity index (χ0n) is 11.1. The van der Waals surface area contributed by atoms with Gasteiger partial charge in [0.15, 0.2) is 0 Å². The van der Waals surface area contributed by atoms with E-state index >= 15 is 0 Å².